The Morgan fingerprint density at radius 2 is 1.78 bits per heavy atom. The first-order valence-corrected chi connectivity index (χ1v) is 11.0. The van der Waals surface area contributed by atoms with E-state index in [1.807, 2.05) is 54.6 Å². The molecule has 2 heterocycles. The van der Waals surface area contributed by atoms with Crippen LogP contribution >= 0.6 is 0 Å². The zero-order valence-electron chi connectivity index (χ0n) is 17.6. The highest BCUT2D eigenvalue weighted by Crippen LogP contribution is 2.49. The molecular weight excluding hydrogens is 402 g/mol. The van der Waals surface area contributed by atoms with E-state index in [0.717, 1.165) is 63.7 Å². The van der Waals surface area contributed by atoms with Gasteiger partial charge in [0.2, 0.25) is 6.79 Å². The van der Waals surface area contributed by atoms with Crippen LogP contribution in [0, 0.1) is 0 Å². The van der Waals surface area contributed by atoms with Crippen molar-refractivity contribution in [3.05, 3.63) is 94.7 Å². The summed E-state index contributed by atoms with van der Waals surface area (Å²) in [5, 5.41) is 3.51. The summed E-state index contributed by atoms with van der Waals surface area (Å²) in [5.74, 6) is 2.30. The first-order valence-electron chi connectivity index (χ1n) is 11.0. The molecule has 0 bridgehead atoms. The lowest BCUT2D eigenvalue weighted by Gasteiger charge is -2.34. The summed E-state index contributed by atoms with van der Waals surface area (Å²) in [5.41, 5.74) is 6.05. The molecular formula is C27H23NO4. The van der Waals surface area contributed by atoms with E-state index in [1.165, 1.54) is 0 Å². The Balaban J connectivity index is 1.41. The monoisotopic (exact) mass is 425 g/mol. The fraction of sp³-hybridized carbons (Fsp3) is 0.222. The van der Waals surface area contributed by atoms with Gasteiger partial charge >= 0.3 is 0 Å². The summed E-state index contributed by atoms with van der Waals surface area (Å²) >= 11 is 0. The van der Waals surface area contributed by atoms with Crippen molar-refractivity contribution in [1.82, 2.24) is 0 Å². The van der Waals surface area contributed by atoms with Crippen LogP contribution < -0.4 is 19.5 Å². The minimum absolute atomic E-state index is 0.163. The first kappa shape index (κ1) is 19.0. The van der Waals surface area contributed by atoms with Crippen LogP contribution in [-0.4, -0.2) is 12.6 Å². The highest BCUT2D eigenvalue weighted by atomic mass is 16.7. The number of anilines is 1. The van der Waals surface area contributed by atoms with Gasteiger partial charge in [-0.2, -0.15) is 0 Å². The minimum atomic E-state index is -0.163. The van der Waals surface area contributed by atoms with E-state index in [0.29, 0.717) is 13.0 Å². The molecule has 0 amide bonds. The largest absolute Gasteiger partial charge is 0.489 e. The number of allylic oxidation sites excluding steroid dienone is 2. The van der Waals surface area contributed by atoms with Crippen LogP contribution in [0.25, 0.3) is 0 Å². The predicted octanol–water partition coefficient (Wildman–Crippen LogP) is 5.56. The lowest BCUT2D eigenvalue weighted by molar-refractivity contribution is -0.116. The number of hydrogen-bond donors (Lipinski definition) is 1. The van der Waals surface area contributed by atoms with E-state index in [9.17, 15) is 4.79 Å². The second-order valence-corrected chi connectivity index (χ2v) is 8.37. The molecule has 160 valence electrons. The smallest absolute Gasteiger partial charge is 0.231 e. The maximum atomic E-state index is 13.1. The Morgan fingerprint density at radius 3 is 2.66 bits per heavy atom. The molecule has 0 aromatic heterocycles. The maximum Gasteiger partial charge on any atom is 0.231 e. The number of fused-ring (bicyclic) bond motifs is 2. The molecule has 0 radical (unpaired) electrons. The van der Waals surface area contributed by atoms with Gasteiger partial charge in [0.1, 0.15) is 12.4 Å². The van der Waals surface area contributed by atoms with Crippen LogP contribution in [0.5, 0.6) is 17.2 Å². The Morgan fingerprint density at radius 1 is 0.938 bits per heavy atom. The molecule has 0 saturated heterocycles. The van der Waals surface area contributed by atoms with E-state index < -0.39 is 0 Å². The molecule has 0 saturated carbocycles. The van der Waals surface area contributed by atoms with Crippen LogP contribution in [0.3, 0.4) is 0 Å². The number of rotatable bonds is 4. The van der Waals surface area contributed by atoms with E-state index in [4.69, 9.17) is 14.2 Å². The molecule has 3 aromatic carbocycles. The lowest BCUT2D eigenvalue weighted by Crippen LogP contribution is -2.26. The third-order valence-electron chi connectivity index (χ3n) is 6.33. The second kappa shape index (κ2) is 7.75. The van der Waals surface area contributed by atoms with Gasteiger partial charge < -0.3 is 19.5 Å². The van der Waals surface area contributed by atoms with Gasteiger partial charge in [0.15, 0.2) is 17.3 Å². The van der Waals surface area contributed by atoms with Crippen molar-refractivity contribution in [2.75, 3.05) is 12.1 Å². The Labute approximate surface area is 186 Å². The Hall–Kier alpha value is -3.73. The Bertz CT molecular complexity index is 1230. The number of carbonyl (C=O) groups is 1. The van der Waals surface area contributed by atoms with Gasteiger partial charge in [-0.15, -0.1) is 0 Å². The van der Waals surface area contributed by atoms with Gasteiger partial charge in [0.05, 0.1) is 0 Å². The number of Topliss-reactive ketones (excluding diaryl/α,β-unsaturated/α-hetero) is 1. The van der Waals surface area contributed by atoms with E-state index in [2.05, 4.69) is 17.4 Å². The zero-order chi connectivity index (χ0) is 21.5. The van der Waals surface area contributed by atoms with Crippen LogP contribution in [0.1, 0.15) is 41.9 Å². The molecule has 2 aliphatic heterocycles. The minimum Gasteiger partial charge on any atom is -0.489 e. The molecule has 1 aliphatic carbocycles. The zero-order valence-corrected chi connectivity index (χ0v) is 17.6. The van der Waals surface area contributed by atoms with Crippen LogP contribution in [0.4, 0.5) is 5.69 Å². The predicted molar refractivity (Wildman–Crippen MR) is 121 cm³/mol. The third-order valence-corrected chi connectivity index (χ3v) is 6.33. The van der Waals surface area contributed by atoms with Crippen molar-refractivity contribution >= 4 is 11.5 Å². The van der Waals surface area contributed by atoms with E-state index in [1.54, 1.807) is 0 Å². The molecule has 1 N–H and O–H groups in total. The molecule has 0 fully saturated rings. The van der Waals surface area contributed by atoms with E-state index >= 15 is 0 Å². The second-order valence-electron chi connectivity index (χ2n) is 8.37. The molecule has 3 aliphatic rings. The van der Waals surface area contributed by atoms with Gasteiger partial charge in [-0.05, 0) is 47.7 Å². The van der Waals surface area contributed by atoms with Crippen LogP contribution in [-0.2, 0) is 11.4 Å². The lowest BCUT2D eigenvalue weighted by atomic mass is 9.75. The summed E-state index contributed by atoms with van der Waals surface area (Å²) in [6.45, 7) is 0.719. The van der Waals surface area contributed by atoms with Crippen molar-refractivity contribution in [1.29, 1.82) is 0 Å². The highest BCUT2D eigenvalue weighted by Gasteiger charge is 2.36. The van der Waals surface area contributed by atoms with Crippen molar-refractivity contribution in [2.45, 2.75) is 31.8 Å². The quantitative estimate of drug-likeness (QED) is 0.593. The van der Waals surface area contributed by atoms with Gasteiger partial charge in [-0.3, -0.25) is 4.79 Å². The summed E-state index contributed by atoms with van der Waals surface area (Å²) < 4.78 is 17.3. The van der Waals surface area contributed by atoms with Crippen molar-refractivity contribution < 1.29 is 19.0 Å². The maximum absolute atomic E-state index is 13.1. The fourth-order valence-electron chi connectivity index (χ4n) is 4.82. The standard InChI is InChI=1S/C27H23NO4/c29-23-11-5-10-21-27(23)26(20-13-24-25(32-16-31-24)14-22(20)28-21)18-8-4-9-19(12-18)30-15-17-6-2-1-3-7-17/h1-4,6-9,12-14,26,28H,5,10-11,15-16H2. The number of ether oxygens (including phenoxy) is 3. The average Bonchev–Trinajstić information content (AvgIpc) is 3.28. The molecule has 32 heavy (non-hydrogen) atoms. The van der Waals surface area contributed by atoms with Crippen molar-refractivity contribution in [3.8, 4) is 17.2 Å². The van der Waals surface area contributed by atoms with Crippen LogP contribution in [0.2, 0.25) is 0 Å². The summed E-state index contributed by atoms with van der Waals surface area (Å²) in [7, 11) is 0. The van der Waals surface area contributed by atoms with Crippen molar-refractivity contribution in [3.63, 3.8) is 0 Å². The van der Waals surface area contributed by atoms with E-state index in [-0.39, 0.29) is 18.5 Å². The van der Waals surface area contributed by atoms with Crippen LogP contribution in [0.15, 0.2) is 78.0 Å². The number of ketones is 1. The molecule has 1 unspecified atom stereocenters. The molecule has 5 heteroatoms. The molecule has 6 rings (SSSR count). The molecule has 5 nitrogen and oxygen atoms in total. The first-order chi connectivity index (χ1) is 15.8. The number of hydrogen-bond acceptors (Lipinski definition) is 5. The third kappa shape index (κ3) is 3.30. The average molecular weight is 425 g/mol. The van der Waals surface area contributed by atoms with Gasteiger partial charge in [-0.1, -0.05) is 42.5 Å². The molecule has 3 aromatic rings. The number of nitrogens with one attached hydrogen (secondary N) is 1. The molecule has 1 atom stereocenters. The number of carbonyl (C=O) groups excluding carboxylic acids is 1. The summed E-state index contributed by atoms with van der Waals surface area (Å²) in [6, 6.07) is 22.2. The summed E-state index contributed by atoms with van der Waals surface area (Å²) in [4.78, 5) is 13.1. The van der Waals surface area contributed by atoms with Gasteiger partial charge in [0, 0.05) is 35.4 Å². The van der Waals surface area contributed by atoms with Gasteiger partial charge in [0.25, 0.3) is 0 Å². The topological polar surface area (TPSA) is 56.8 Å². The van der Waals surface area contributed by atoms with Crippen molar-refractivity contribution in [2.24, 2.45) is 0 Å². The normalized spacial score (nSPS) is 18.6. The Kier molecular flexibility index (Phi) is 4.60. The highest BCUT2D eigenvalue weighted by molar-refractivity contribution is 6.01. The molecule has 0 spiro atoms. The fourth-order valence-corrected chi connectivity index (χ4v) is 4.82. The SMILES string of the molecule is O=C1CCCC2=C1C(c1cccc(OCc3ccccc3)c1)c1cc3c(cc1N2)OCO3. The number of benzene rings is 3. The van der Waals surface area contributed by atoms with Gasteiger partial charge in [-0.25, -0.2) is 0 Å². The summed E-state index contributed by atoms with van der Waals surface area (Å²) in [6.07, 6.45) is 2.33.